The van der Waals surface area contributed by atoms with Gasteiger partial charge < -0.3 is 10.4 Å². The average molecular weight is 199 g/mol. The van der Waals surface area contributed by atoms with E-state index in [1.54, 1.807) is 0 Å². The summed E-state index contributed by atoms with van der Waals surface area (Å²) >= 11 is 0. The lowest BCUT2D eigenvalue weighted by atomic mass is 9.90. The van der Waals surface area contributed by atoms with Gasteiger partial charge in [0.15, 0.2) is 0 Å². The van der Waals surface area contributed by atoms with Gasteiger partial charge >= 0.3 is 5.97 Å². The first-order valence-corrected chi connectivity index (χ1v) is 5.70. The normalized spacial score (nSPS) is 26.6. The summed E-state index contributed by atoms with van der Waals surface area (Å²) in [5, 5.41) is 12.3. The van der Waals surface area contributed by atoms with Gasteiger partial charge in [0.2, 0.25) is 0 Å². The second-order valence-electron chi connectivity index (χ2n) is 4.23. The number of aliphatic carboxylic acids is 1. The number of hydrogen-bond donors (Lipinski definition) is 2. The van der Waals surface area contributed by atoms with Crippen molar-refractivity contribution in [2.75, 3.05) is 6.54 Å². The zero-order valence-electron chi connectivity index (χ0n) is 9.01. The molecule has 0 saturated carbocycles. The fourth-order valence-electron chi connectivity index (χ4n) is 2.16. The maximum Gasteiger partial charge on any atom is 0.323 e. The van der Waals surface area contributed by atoms with E-state index in [1.807, 2.05) is 0 Å². The van der Waals surface area contributed by atoms with Gasteiger partial charge in [0.1, 0.15) is 5.54 Å². The molecule has 0 amide bonds. The molecule has 0 bridgehead atoms. The average Bonchev–Trinajstić information content (AvgIpc) is 2.62. The Balaban J connectivity index is 2.33. The smallest absolute Gasteiger partial charge is 0.323 e. The Kier molecular flexibility index (Phi) is 4.39. The lowest BCUT2D eigenvalue weighted by Gasteiger charge is -2.24. The Morgan fingerprint density at radius 2 is 2.21 bits per heavy atom. The van der Waals surface area contributed by atoms with Crippen molar-refractivity contribution in [2.45, 2.75) is 57.4 Å². The largest absolute Gasteiger partial charge is 0.480 e. The second kappa shape index (κ2) is 5.35. The topological polar surface area (TPSA) is 49.3 Å². The van der Waals surface area contributed by atoms with Crippen LogP contribution in [0.1, 0.15) is 51.9 Å². The molecular weight excluding hydrogens is 178 g/mol. The molecule has 14 heavy (non-hydrogen) atoms. The molecule has 0 spiro atoms. The molecule has 82 valence electrons. The Labute approximate surface area is 85.9 Å². The van der Waals surface area contributed by atoms with Crippen LogP contribution in [0.2, 0.25) is 0 Å². The Morgan fingerprint density at radius 1 is 1.43 bits per heavy atom. The molecule has 1 unspecified atom stereocenters. The molecule has 3 nitrogen and oxygen atoms in total. The van der Waals surface area contributed by atoms with Crippen molar-refractivity contribution < 1.29 is 9.90 Å². The van der Waals surface area contributed by atoms with Crippen LogP contribution in [0, 0.1) is 0 Å². The maximum atomic E-state index is 11.1. The molecule has 0 aromatic rings. The third-order valence-corrected chi connectivity index (χ3v) is 3.11. The van der Waals surface area contributed by atoms with Crippen LogP contribution in [0.3, 0.4) is 0 Å². The van der Waals surface area contributed by atoms with Crippen LogP contribution in [0.25, 0.3) is 0 Å². The van der Waals surface area contributed by atoms with Crippen molar-refractivity contribution in [3.63, 3.8) is 0 Å². The van der Waals surface area contributed by atoms with Gasteiger partial charge in [-0.3, -0.25) is 4.79 Å². The number of unbranched alkanes of at least 4 members (excludes halogenated alkanes) is 3. The van der Waals surface area contributed by atoms with Gasteiger partial charge in [-0.2, -0.15) is 0 Å². The first-order valence-electron chi connectivity index (χ1n) is 5.70. The Hall–Kier alpha value is -0.570. The van der Waals surface area contributed by atoms with Crippen LogP contribution >= 0.6 is 0 Å². The molecule has 2 N–H and O–H groups in total. The highest BCUT2D eigenvalue weighted by atomic mass is 16.4. The van der Waals surface area contributed by atoms with E-state index in [-0.39, 0.29) is 0 Å². The first-order chi connectivity index (χ1) is 6.71. The van der Waals surface area contributed by atoms with Crippen LogP contribution in [0.4, 0.5) is 0 Å². The Bertz CT molecular complexity index is 186. The van der Waals surface area contributed by atoms with Crippen molar-refractivity contribution >= 4 is 5.97 Å². The summed E-state index contributed by atoms with van der Waals surface area (Å²) in [5.41, 5.74) is -0.590. The number of rotatable bonds is 6. The van der Waals surface area contributed by atoms with Crippen LogP contribution in [0.5, 0.6) is 0 Å². The lowest BCUT2D eigenvalue weighted by Crippen LogP contribution is -2.47. The highest BCUT2D eigenvalue weighted by Crippen LogP contribution is 2.26. The van der Waals surface area contributed by atoms with Crippen molar-refractivity contribution in [2.24, 2.45) is 0 Å². The molecular formula is C11H21NO2. The molecule has 0 aliphatic carbocycles. The predicted molar refractivity (Wildman–Crippen MR) is 56.4 cm³/mol. The fraction of sp³-hybridized carbons (Fsp3) is 0.909. The minimum absolute atomic E-state index is 0.590. The number of carboxylic acid groups (broad SMARTS) is 1. The van der Waals surface area contributed by atoms with Crippen molar-refractivity contribution in [3.8, 4) is 0 Å². The fourth-order valence-corrected chi connectivity index (χ4v) is 2.16. The van der Waals surface area contributed by atoms with E-state index < -0.39 is 11.5 Å². The van der Waals surface area contributed by atoms with Crippen LogP contribution in [-0.4, -0.2) is 23.2 Å². The number of nitrogens with one attached hydrogen (secondary N) is 1. The second-order valence-corrected chi connectivity index (χ2v) is 4.23. The summed E-state index contributed by atoms with van der Waals surface area (Å²) in [7, 11) is 0. The van der Waals surface area contributed by atoms with E-state index >= 15 is 0 Å². The minimum Gasteiger partial charge on any atom is -0.480 e. The standard InChI is InChI=1S/C11H21NO2/c1-2-3-4-5-7-11(10(13)14)8-6-9-12-11/h12H,2-9H2,1H3,(H,13,14). The van der Waals surface area contributed by atoms with Crippen molar-refractivity contribution in [1.82, 2.24) is 5.32 Å². The van der Waals surface area contributed by atoms with Crippen LogP contribution < -0.4 is 5.32 Å². The van der Waals surface area contributed by atoms with E-state index in [2.05, 4.69) is 12.2 Å². The minimum atomic E-state index is -0.661. The lowest BCUT2D eigenvalue weighted by molar-refractivity contribution is -0.144. The van der Waals surface area contributed by atoms with Crippen LogP contribution in [0.15, 0.2) is 0 Å². The number of carboxylic acids is 1. The van der Waals surface area contributed by atoms with E-state index in [1.165, 1.54) is 12.8 Å². The predicted octanol–water partition coefficient (Wildman–Crippen LogP) is 2.16. The van der Waals surface area contributed by atoms with E-state index in [0.717, 1.165) is 38.6 Å². The van der Waals surface area contributed by atoms with Gasteiger partial charge in [0.25, 0.3) is 0 Å². The van der Waals surface area contributed by atoms with Crippen molar-refractivity contribution in [1.29, 1.82) is 0 Å². The van der Waals surface area contributed by atoms with E-state index in [0.29, 0.717) is 0 Å². The molecule has 1 rings (SSSR count). The van der Waals surface area contributed by atoms with E-state index in [9.17, 15) is 4.79 Å². The van der Waals surface area contributed by atoms with E-state index in [4.69, 9.17) is 5.11 Å². The zero-order chi connectivity index (χ0) is 10.4. The van der Waals surface area contributed by atoms with Crippen molar-refractivity contribution in [3.05, 3.63) is 0 Å². The third-order valence-electron chi connectivity index (χ3n) is 3.11. The van der Waals surface area contributed by atoms with Gasteiger partial charge in [-0.15, -0.1) is 0 Å². The summed E-state index contributed by atoms with van der Waals surface area (Å²) in [6, 6.07) is 0. The molecule has 0 aromatic carbocycles. The molecule has 1 aliphatic rings. The molecule has 1 heterocycles. The summed E-state index contributed by atoms with van der Waals surface area (Å²) < 4.78 is 0. The highest BCUT2D eigenvalue weighted by Gasteiger charge is 2.40. The van der Waals surface area contributed by atoms with Gasteiger partial charge in [-0.25, -0.2) is 0 Å². The quantitative estimate of drug-likeness (QED) is 0.644. The molecule has 0 radical (unpaired) electrons. The van der Waals surface area contributed by atoms with Gasteiger partial charge in [-0.05, 0) is 25.8 Å². The molecule has 0 aromatic heterocycles. The molecule has 1 saturated heterocycles. The molecule has 1 aliphatic heterocycles. The van der Waals surface area contributed by atoms with Gasteiger partial charge in [-0.1, -0.05) is 32.6 Å². The highest BCUT2D eigenvalue weighted by molar-refractivity contribution is 5.79. The number of carbonyl (C=O) groups is 1. The Morgan fingerprint density at radius 3 is 2.71 bits per heavy atom. The maximum absolute atomic E-state index is 11.1. The molecule has 1 fully saturated rings. The monoisotopic (exact) mass is 199 g/mol. The molecule has 1 atom stereocenters. The zero-order valence-corrected chi connectivity index (χ0v) is 9.01. The third kappa shape index (κ3) is 2.71. The summed E-state index contributed by atoms with van der Waals surface area (Å²) in [4.78, 5) is 11.1. The summed E-state index contributed by atoms with van der Waals surface area (Å²) in [5.74, 6) is -0.661. The summed E-state index contributed by atoms with van der Waals surface area (Å²) in [6.07, 6.45) is 7.21. The SMILES string of the molecule is CCCCCCC1(C(=O)O)CCCN1. The van der Waals surface area contributed by atoms with Gasteiger partial charge in [0, 0.05) is 0 Å². The van der Waals surface area contributed by atoms with Gasteiger partial charge in [0.05, 0.1) is 0 Å². The summed E-state index contributed by atoms with van der Waals surface area (Å²) in [6.45, 7) is 3.03. The number of hydrogen-bond acceptors (Lipinski definition) is 2. The van der Waals surface area contributed by atoms with Crippen LogP contribution in [-0.2, 0) is 4.79 Å². The molecule has 3 heteroatoms. The first kappa shape index (κ1) is 11.5.